The molecule has 0 bridgehead atoms. The summed E-state index contributed by atoms with van der Waals surface area (Å²) in [6.07, 6.45) is -0.529. The molecule has 4 nitrogen and oxygen atoms in total. The van der Waals surface area contributed by atoms with E-state index in [2.05, 4.69) is 0 Å². The molecule has 0 amide bonds. The van der Waals surface area contributed by atoms with Gasteiger partial charge in [0, 0.05) is 18.4 Å². The number of nitrogens with zero attached hydrogens (tertiary/aromatic N) is 1. The SMILES string of the molecule is COC(Cc1ccc(C#N)s1)C(=O)O. The molecule has 1 rings (SSSR count). The van der Waals surface area contributed by atoms with Crippen LogP contribution in [0.5, 0.6) is 0 Å². The van der Waals surface area contributed by atoms with Crippen molar-refractivity contribution in [2.45, 2.75) is 12.5 Å². The van der Waals surface area contributed by atoms with Gasteiger partial charge in [-0.2, -0.15) is 5.26 Å². The molecule has 5 heteroatoms. The summed E-state index contributed by atoms with van der Waals surface area (Å²) in [5.74, 6) is -0.987. The second-order valence-corrected chi connectivity index (χ2v) is 3.81. The van der Waals surface area contributed by atoms with Crippen LogP contribution in [0.2, 0.25) is 0 Å². The van der Waals surface area contributed by atoms with E-state index in [9.17, 15) is 4.79 Å². The maximum absolute atomic E-state index is 10.6. The lowest BCUT2D eigenvalue weighted by atomic mass is 10.2. The maximum Gasteiger partial charge on any atom is 0.333 e. The molecule has 0 aromatic carbocycles. The lowest BCUT2D eigenvalue weighted by molar-refractivity contribution is -0.148. The Balaban J connectivity index is 2.68. The van der Waals surface area contributed by atoms with E-state index in [-0.39, 0.29) is 0 Å². The van der Waals surface area contributed by atoms with Crippen molar-refractivity contribution in [3.63, 3.8) is 0 Å². The van der Waals surface area contributed by atoms with Gasteiger partial charge in [-0.3, -0.25) is 0 Å². The van der Waals surface area contributed by atoms with E-state index >= 15 is 0 Å². The molecule has 0 spiro atoms. The fraction of sp³-hybridized carbons (Fsp3) is 0.333. The lowest BCUT2D eigenvalue weighted by Gasteiger charge is -2.07. The van der Waals surface area contributed by atoms with Crippen LogP contribution >= 0.6 is 11.3 Å². The molecule has 1 N–H and O–H groups in total. The predicted molar refractivity (Wildman–Crippen MR) is 51.2 cm³/mol. The second-order valence-electron chi connectivity index (χ2n) is 2.64. The quantitative estimate of drug-likeness (QED) is 0.814. The molecule has 0 aliphatic rings. The highest BCUT2D eigenvalue weighted by Gasteiger charge is 2.17. The third-order valence-electron chi connectivity index (χ3n) is 1.72. The summed E-state index contributed by atoms with van der Waals surface area (Å²) >= 11 is 1.29. The van der Waals surface area contributed by atoms with Crippen LogP contribution < -0.4 is 0 Å². The van der Waals surface area contributed by atoms with Crippen molar-refractivity contribution in [2.75, 3.05) is 7.11 Å². The van der Waals surface area contributed by atoms with Crippen molar-refractivity contribution in [2.24, 2.45) is 0 Å². The van der Waals surface area contributed by atoms with Gasteiger partial charge in [-0.05, 0) is 12.1 Å². The normalized spacial score (nSPS) is 12.0. The molecule has 74 valence electrons. The molecule has 0 fully saturated rings. The highest BCUT2D eigenvalue weighted by atomic mass is 32.1. The predicted octanol–water partition coefficient (Wildman–Crippen LogP) is 1.26. The third-order valence-corrected chi connectivity index (χ3v) is 2.73. The van der Waals surface area contributed by atoms with Crippen LogP contribution in [0, 0.1) is 11.3 Å². The molecule has 1 aromatic heterocycles. The Labute approximate surface area is 85.4 Å². The third kappa shape index (κ3) is 2.55. The topological polar surface area (TPSA) is 70.3 Å². The number of ether oxygens (including phenoxy) is 1. The van der Waals surface area contributed by atoms with E-state index in [1.54, 1.807) is 12.1 Å². The first-order valence-electron chi connectivity index (χ1n) is 3.91. The smallest absolute Gasteiger partial charge is 0.333 e. The molecule has 0 saturated carbocycles. The van der Waals surface area contributed by atoms with Gasteiger partial charge in [-0.15, -0.1) is 11.3 Å². The number of carbonyl (C=O) groups is 1. The zero-order chi connectivity index (χ0) is 10.6. The minimum absolute atomic E-state index is 0.304. The molecule has 1 heterocycles. The average Bonchev–Trinajstić information content (AvgIpc) is 2.61. The number of hydrogen-bond acceptors (Lipinski definition) is 4. The largest absolute Gasteiger partial charge is 0.479 e. The minimum Gasteiger partial charge on any atom is -0.479 e. The van der Waals surface area contributed by atoms with Gasteiger partial charge in [-0.25, -0.2) is 4.79 Å². The number of nitriles is 1. The standard InChI is InChI=1S/C9H9NO3S/c1-13-8(9(11)12)4-6-2-3-7(5-10)14-6/h2-3,8H,4H2,1H3,(H,11,12). The van der Waals surface area contributed by atoms with Crippen molar-refractivity contribution < 1.29 is 14.6 Å². The Morgan fingerprint density at radius 2 is 2.50 bits per heavy atom. The van der Waals surface area contributed by atoms with Gasteiger partial charge in [-0.1, -0.05) is 0 Å². The average molecular weight is 211 g/mol. The molecule has 0 saturated heterocycles. The summed E-state index contributed by atoms with van der Waals surface area (Å²) in [5, 5.41) is 17.3. The van der Waals surface area contributed by atoms with Crippen molar-refractivity contribution in [3.05, 3.63) is 21.9 Å². The molecule has 1 aromatic rings. The van der Waals surface area contributed by atoms with Crippen LogP contribution in [0.4, 0.5) is 0 Å². The van der Waals surface area contributed by atoms with Crippen LogP contribution in [0.15, 0.2) is 12.1 Å². The van der Waals surface area contributed by atoms with E-state index < -0.39 is 12.1 Å². The van der Waals surface area contributed by atoms with Crippen LogP contribution in [-0.4, -0.2) is 24.3 Å². The molecule has 14 heavy (non-hydrogen) atoms. The van der Waals surface area contributed by atoms with Crippen LogP contribution in [0.3, 0.4) is 0 Å². The van der Waals surface area contributed by atoms with E-state index in [0.717, 1.165) is 4.88 Å². The molecular weight excluding hydrogens is 202 g/mol. The summed E-state index contributed by atoms with van der Waals surface area (Å²) in [7, 11) is 1.36. The van der Waals surface area contributed by atoms with Crippen LogP contribution in [0.1, 0.15) is 9.75 Å². The maximum atomic E-state index is 10.6. The fourth-order valence-corrected chi connectivity index (χ4v) is 1.84. The number of hydrogen-bond donors (Lipinski definition) is 1. The van der Waals surface area contributed by atoms with Crippen molar-refractivity contribution >= 4 is 17.3 Å². The van der Waals surface area contributed by atoms with Crippen molar-refractivity contribution in [1.82, 2.24) is 0 Å². The summed E-state index contributed by atoms with van der Waals surface area (Å²) in [6.45, 7) is 0. The Bertz CT molecular complexity index is 366. The second kappa shape index (κ2) is 4.74. The number of carboxylic acid groups (broad SMARTS) is 1. The number of thiophene rings is 1. The Morgan fingerprint density at radius 3 is 2.93 bits per heavy atom. The molecule has 0 aliphatic carbocycles. The van der Waals surface area contributed by atoms with Crippen molar-refractivity contribution in [3.8, 4) is 6.07 Å². The number of rotatable bonds is 4. The number of carboxylic acids is 1. The molecule has 0 radical (unpaired) electrons. The first-order valence-corrected chi connectivity index (χ1v) is 4.73. The zero-order valence-electron chi connectivity index (χ0n) is 7.56. The van der Waals surface area contributed by atoms with E-state index in [4.69, 9.17) is 15.1 Å². The van der Waals surface area contributed by atoms with E-state index in [0.29, 0.717) is 11.3 Å². The van der Waals surface area contributed by atoms with Crippen molar-refractivity contribution in [1.29, 1.82) is 5.26 Å². The lowest BCUT2D eigenvalue weighted by Crippen LogP contribution is -2.24. The highest BCUT2D eigenvalue weighted by Crippen LogP contribution is 2.17. The summed E-state index contributed by atoms with van der Waals surface area (Å²) in [6, 6.07) is 5.42. The zero-order valence-corrected chi connectivity index (χ0v) is 8.37. The van der Waals surface area contributed by atoms with Gasteiger partial charge < -0.3 is 9.84 Å². The highest BCUT2D eigenvalue weighted by molar-refractivity contribution is 7.12. The van der Waals surface area contributed by atoms with E-state index in [1.807, 2.05) is 6.07 Å². The summed E-state index contributed by atoms with van der Waals surface area (Å²) in [4.78, 5) is 12.1. The minimum atomic E-state index is -0.987. The Kier molecular flexibility index (Phi) is 3.63. The van der Waals surface area contributed by atoms with Gasteiger partial charge in [0.25, 0.3) is 0 Å². The first-order chi connectivity index (χ1) is 6.67. The van der Waals surface area contributed by atoms with Crippen LogP contribution in [0.25, 0.3) is 0 Å². The summed E-state index contributed by atoms with van der Waals surface area (Å²) < 4.78 is 4.78. The Hall–Kier alpha value is -1.38. The molecular formula is C9H9NO3S. The van der Waals surface area contributed by atoms with Gasteiger partial charge in [0.05, 0.1) is 0 Å². The van der Waals surface area contributed by atoms with Gasteiger partial charge >= 0.3 is 5.97 Å². The number of methoxy groups -OCH3 is 1. The first kappa shape index (κ1) is 10.7. The molecule has 1 unspecified atom stereocenters. The van der Waals surface area contributed by atoms with E-state index in [1.165, 1.54) is 18.4 Å². The number of aliphatic carboxylic acids is 1. The van der Waals surface area contributed by atoms with Gasteiger partial charge in [0.15, 0.2) is 6.10 Å². The van der Waals surface area contributed by atoms with Gasteiger partial charge in [0.2, 0.25) is 0 Å². The fourth-order valence-electron chi connectivity index (χ4n) is 1.00. The molecule has 0 aliphatic heterocycles. The van der Waals surface area contributed by atoms with Crippen LogP contribution in [-0.2, 0) is 16.0 Å². The van der Waals surface area contributed by atoms with Gasteiger partial charge in [0.1, 0.15) is 10.9 Å². The summed E-state index contributed by atoms with van der Waals surface area (Å²) in [5.41, 5.74) is 0. The Morgan fingerprint density at radius 1 is 1.79 bits per heavy atom. The molecule has 1 atom stereocenters. The monoisotopic (exact) mass is 211 g/mol.